The Labute approximate surface area is 663 Å². The van der Waals surface area contributed by atoms with Crippen molar-refractivity contribution in [3.63, 3.8) is 0 Å². The Morgan fingerprint density at radius 3 is 1.04 bits per heavy atom. The number of amides is 3. The third-order valence-electron chi connectivity index (χ3n) is 19.4. The molecular weight excluding hydrogens is 1460 g/mol. The summed E-state index contributed by atoms with van der Waals surface area (Å²) in [4.78, 5) is 73.3. The first kappa shape index (κ1) is 78.3. The van der Waals surface area contributed by atoms with Crippen molar-refractivity contribution in [3.05, 3.63) is 217 Å². The first-order valence-electron chi connectivity index (χ1n) is 35.8. The van der Waals surface area contributed by atoms with E-state index in [9.17, 15) is 27.6 Å². The molecule has 0 bridgehead atoms. The molecule has 3 unspecified atom stereocenters. The molecule has 12 aromatic rings. The fraction of sp³-hybridized carbons (Fsp3) is 0.269. The number of nitrogens with zero attached hydrogens (tertiary/aromatic N) is 14. The Morgan fingerprint density at radius 2 is 0.748 bits per heavy atom. The van der Waals surface area contributed by atoms with Gasteiger partial charge in [-0.2, -0.15) is 15.0 Å². The van der Waals surface area contributed by atoms with E-state index in [-0.39, 0.29) is 70.3 Å². The summed E-state index contributed by atoms with van der Waals surface area (Å²) in [5.74, 6) is -2.09. The fourth-order valence-electron chi connectivity index (χ4n) is 13.5. The van der Waals surface area contributed by atoms with Crippen molar-refractivity contribution >= 4 is 114 Å². The molecule has 3 atom stereocenters. The third kappa shape index (κ3) is 19.0. The molecule has 0 radical (unpaired) electrons. The number of piperazine rings is 3. The molecule has 6 aliphatic rings. The van der Waals surface area contributed by atoms with Crippen molar-refractivity contribution in [2.45, 2.75) is 18.3 Å². The molecule has 12 heterocycles. The summed E-state index contributed by atoms with van der Waals surface area (Å²) in [5.41, 5.74) is 25.1. The Hall–Kier alpha value is -10.8. The summed E-state index contributed by atoms with van der Waals surface area (Å²) in [5, 5.41) is 14.8. The van der Waals surface area contributed by atoms with Gasteiger partial charge in [-0.25, -0.2) is 28.1 Å². The number of rotatable bonds is 20. The molecule has 18 rings (SSSR count). The van der Waals surface area contributed by atoms with Crippen LogP contribution in [0.25, 0.3) is 50.2 Å². The van der Waals surface area contributed by atoms with Gasteiger partial charge < -0.3 is 72.9 Å². The molecule has 111 heavy (non-hydrogen) atoms. The molecule has 6 saturated heterocycles. The molecule has 11 N–H and O–H groups in total. The SMILES string of the molecule is ClCC1CO1.NC(=O)c1cn(-c2nc(Nc3cccc(N4CCN(CC5CO5)CC4)c3)ncc2F)c2ccccc12.NC(=O)c1cn(-c2nc(Nc3cccc(N4CCN(CC5CO5)CC4)c3)ncc2F)c2ccccc12.NC(=O)c1cn(-c2nc(Nc3cccc(N4CCNCC4)c3)ncc2F)c2ccccc12.[Na+].[OH-]. The van der Waals surface area contributed by atoms with Gasteiger partial charge in [0.05, 0.1) is 95.8 Å². The van der Waals surface area contributed by atoms with E-state index in [1.165, 1.54) is 32.3 Å². The van der Waals surface area contributed by atoms with Crippen LogP contribution in [0.15, 0.2) is 183 Å². The van der Waals surface area contributed by atoms with Crippen molar-refractivity contribution in [2.75, 3.05) is 148 Å². The molecular formula is C78H80ClF3N21NaO7. The number of halogens is 4. The van der Waals surface area contributed by atoms with E-state index in [1.54, 1.807) is 54.6 Å². The predicted octanol–water partition coefficient (Wildman–Crippen LogP) is 6.11. The Balaban J connectivity index is 0.000000140. The van der Waals surface area contributed by atoms with Crippen LogP contribution >= 0.6 is 11.6 Å². The van der Waals surface area contributed by atoms with E-state index in [4.69, 9.17) is 43.0 Å². The summed E-state index contributed by atoms with van der Waals surface area (Å²) >= 11 is 5.27. The van der Waals surface area contributed by atoms with Crippen LogP contribution in [-0.2, 0) is 14.2 Å². The maximum Gasteiger partial charge on any atom is 1.00 e. The first-order valence-corrected chi connectivity index (χ1v) is 36.4. The number of carbonyl (C=O) groups excluding carboxylic acids is 3. The largest absolute Gasteiger partial charge is 1.00 e. The standard InChI is InChI=1S/2C26H26FN7O2.C23H22FN7O.C3H5ClO.Na.H2O/c2*27-22-13-29-26(31-25(22)34-15-21(24(28)35)20-6-1-2-7-23(20)34)30-17-4-3-5-18(12-17)33-10-8-32(9-11-33)14-19-16-36-19;24-19-13-27-23(28-15-4-3-5-16(12-15)30-10-8-26-9-11-30)29-22(19)31-14-18(21(25)32)17-6-1-2-7-20(17)31;4-1-3-2-5-3;;/h2*1-7,12-13,15,19H,8-11,14,16H2,(H2,28,35)(H,29,30,31);1-7,12-14,26H,8-11H2,(H2,25,32)(H,27,28,29);3H,1-2H2;;1H2/q;;;;+1;/p-1. The number of epoxide rings is 3. The molecule has 0 saturated carbocycles. The molecule has 6 aromatic heterocycles. The van der Waals surface area contributed by atoms with E-state index in [0.29, 0.717) is 73.6 Å². The number of fused-ring (bicyclic) bond motifs is 3. The Kier molecular flexibility index (Phi) is 25.0. The topological polar surface area (TPSA) is 353 Å². The van der Waals surface area contributed by atoms with Gasteiger partial charge in [0.25, 0.3) is 17.7 Å². The van der Waals surface area contributed by atoms with Gasteiger partial charge in [-0.15, -0.1) is 11.6 Å². The van der Waals surface area contributed by atoms with Crippen molar-refractivity contribution in [2.24, 2.45) is 17.2 Å². The summed E-state index contributed by atoms with van der Waals surface area (Å²) in [6.07, 6.45) is 9.11. The third-order valence-corrected chi connectivity index (χ3v) is 19.7. The van der Waals surface area contributed by atoms with E-state index in [1.807, 2.05) is 72.8 Å². The average Bonchev–Trinajstić information content (AvgIpc) is 1.64. The Morgan fingerprint density at radius 1 is 0.441 bits per heavy atom. The number of alkyl halides is 1. The van der Waals surface area contributed by atoms with E-state index >= 15 is 0 Å². The number of nitrogens with two attached hydrogens (primary N) is 3. The molecule has 3 amide bonds. The van der Waals surface area contributed by atoms with Gasteiger partial charge in [-0.1, -0.05) is 72.8 Å². The van der Waals surface area contributed by atoms with Crippen LogP contribution < -0.4 is 82.7 Å². The second-order valence-electron chi connectivity index (χ2n) is 26.8. The molecule has 6 aliphatic heterocycles. The molecule has 0 aliphatic carbocycles. The van der Waals surface area contributed by atoms with E-state index < -0.39 is 35.2 Å². The summed E-state index contributed by atoms with van der Waals surface area (Å²) in [6, 6.07) is 45.5. The second-order valence-corrected chi connectivity index (χ2v) is 27.1. The number of para-hydroxylation sites is 3. The number of nitrogens with one attached hydrogen (secondary N) is 4. The van der Waals surface area contributed by atoms with Crippen LogP contribution in [0.5, 0.6) is 0 Å². The minimum atomic E-state index is -0.611. The molecule has 28 nitrogen and oxygen atoms in total. The van der Waals surface area contributed by atoms with Crippen molar-refractivity contribution in [3.8, 4) is 17.5 Å². The summed E-state index contributed by atoms with van der Waals surface area (Å²) in [6.45, 7) is 16.2. The number of benzene rings is 6. The smallest absolute Gasteiger partial charge is 0.870 e. The van der Waals surface area contributed by atoms with Crippen LogP contribution in [-0.4, -0.2) is 212 Å². The van der Waals surface area contributed by atoms with Crippen LogP contribution in [0.2, 0.25) is 0 Å². The number of ether oxygens (including phenoxy) is 3. The van der Waals surface area contributed by atoms with E-state index in [0.717, 1.165) is 164 Å². The molecule has 6 fully saturated rings. The van der Waals surface area contributed by atoms with Crippen LogP contribution in [0, 0.1) is 17.5 Å². The zero-order valence-corrected chi connectivity index (χ0v) is 63.4. The number of carbonyl (C=O) groups is 3. The number of primary amides is 3. The number of anilines is 9. The molecule has 33 heteroatoms. The van der Waals surface area contributed by atoms with Crippen molar-refractivity contribution in [1.82, 2.24) is 58.7 Å². The van der Waals surface area contributed by atoms with Gasteiger partial charge >= 0.3 is 29.6 Å². The van der Waals surface area contributed by atoms with Crippen molar-refractivity contribution in [1.29, 1.82) is 0 Å². The quantitative estimate of drug-likeness (QED) is 0.0257. The van der Waals surface area contributed by atoms with Crippen LogP contribution in [0.4, 0.5) is 65.1 Å². The minimum Gasteiger partial charge on any atom is -0.870 e. The van der Waals surface area contributed by atoms with Crippen LogP contribution in [0.1, 0.15) is 31.1 Å². The zero-order valence-electron chi connectivity index (χ0n) is 60.7. The monoisotopic (exact) mass is 1540 g/mol. The van der Waals surface area contributed by atoms with Gasteiger partial charge in [0.1, 0.15) is 0 Å². The molecule has 6 aromatic carbocycles. The predicted molar refractivity (Wildman–Crippen MR) is 415 cm³/mol. The van der Waals surface area contributed by atoms with Gasteiger partial charge in [0, 0.05) is 161 Å². The van der Waals surface area contributed by atoms with Gasteiger partial charge in [-0.05, 0) is 72.8 Å². The summed E-state index contributed by atoms with van der Waals surface area (Å²) < 4.78 is 64.4. The average molecular weight is 1540 g/mol. The van der Waals surface area contributed by atoms with E-state index in [2.05, 4.69) is 93.9 Å². The Bertz CT molecular complexity index is 5080. The van der Waals surface area contributed by atoms with Gasteiger partial charge in [0.2, 0.25) is 17.8 Å². The van der Waals surface area contributed by atoms with Gasteiger partial charge in [-0.3, -0.25) is 37.9 Å². The number of hydrogen-bond donors (Lipinski definition) is 7. The van der Waals surface area contributed by atoms with Crippen molar-refractivity contribution < 1.29 is 76.8 Å². The normalized spacial score (nSPS) is 17.2. The summed E-state index contributed by atoms with van der Waals surface area (Å²) in [7, 11) is 0. The maximum absolute atomic E-state index is 14.8. The maximum atomic E-state index is 14.8. The molecule has 568 valence electrons. The van der Waals surface area contributed by atoms with Gasteiger partial charge in [0.15, 0.2) is 34.9 Å². The second kappa shape index (κ2) is 35.5. The number of aromatic nitrogens is 9. The fourth-order valence-corrected chi connectivity index (χ4v) is 13.7. The first-order chi connectivity index (χ1) is 53.1. The number of hydrogen-bond acceptors (Lipinski definition) is 22. The minimum absolute atomic E-state index is 0. The zero-order chi connectivity index (χ0) is 75.1. The van der Waals surface area contributed by atoms with Crippen LogP contribution in [0.3, 0.4) is 0 Å². The molecule has 0 spiro atoms.